The predicted octanol–water partition coefficient (Wildman–Crippen LogP) is 0.704. The first-order valence-electron chi connectivity index (χ1n) is 5.49. The van der Waals surface area contributed by atoms with Gasteiger partial charge in [0, 0.05) is 12.6 Å². The van der Waals surface area contributed by atoms with E-state index in [1.54, 1.807) is 0 Å². The van der Waals surface area contributed by atoms with Crippen molar-refractivity contribution in [3.63, 3.8) is 0 Å². The third-order valence-electron chi connectivity index (χ3n) is 2.27. The largest absolute Gasteiger partial charge is 0.315 e. The maximum atomic E-state index is 11.8. The van der Waals surface area contributed by atoms with Gasteiger partial charge in [-0.2, -0.15) is 0 Å². The number of hydrogen-bond acceptors (Lipinski definition) is 3. The topological polar surface area (TPSA) is 58.2 Å². The molecular formula is C10H22N2O2S. The molecule has 1 rings (SSSR count). The summed E-state index contributed by atoms with van der Waals surface area (Å²) in [6.07, 6.45) is 1.99. The molecule has 0 aliphatic carbocycles. The maximum Gasteiger partial charge on any atom is 0.212 e. The van der Waals surface area contributed by atoms with Gasteiger partial charge in [0.05, 0.1) is 5.75 Å². The summed E-state index contributed by atoms with van der Waals surface area (Å²) in [4.78, 5) is 0. The van der Waals surface area contributed by atoms with Gasteiger partial charge in [-0.05, 0) is 24.8 Å². The lowest BCUT2D eigenvalue weighted by molar-refractivity contribution is 0.417. The zero-order chi connectivity index (χ0) is 11.5. The number of nitrogens with one attached hydrogen (secondary N) is 2. The van der Waals surface area contributed by atoms with Crippen LogP contribution in [-0.2, 0) is 10.0 Å². The van der Waals surface area contributed by atoms with Gasteiger partial charge >= 0.3 is 0 Å². The maximum absolute atomic E-state index is 11.8. The van der Waals surface area contributed by atoms with Gasteiger partial charge < -0.3 is 5.32 Å². The fourth-order valence-corrected chi connectivity index (χ4v) is 3.75. The highest BCUT2D eigenvalue weighted by Crippen LogP contribution is 2.16. The molecule has 0 radical (unpaired) electrons. The van der Waals surface area contributed by atoms with E-state index in [4.69, 9.17) is 0 Å². The standard InChI is InChI=1S/C10H22N2O2S/c1-10(2,3)8-15(13,14)12-9-5-4-6-11-7-9/h9,11-12H,4-8H2,1-3H3. The molecule has 1 unspecified atom stereocenters. The first-order valence-corrected chi connectivity index (χ1v) is 7.14. The molecule has 0 aromatic heterocycles. The van der Waals surface area contributed by atoms with Gasteiger partial charge in [0.1, 0.15) is 0 Å². The third kappa shape index (κ3) is 5.49. The van der Waals surface area contributed by atoms with Gasteiger partial charge in [-0.25, -0.2) is 13.1 Å². The first kappa shape index (κ1) is 12.9. The summed E-state index contributed by atoms with van der Waals surface area (Å²) in [6.45, 7) is 7.56. The monoisotopic (exact) mass is 234 g/mol. The van der Waals surface area contributed by atoms with Crippen molar-refractivity contribution in [3.8, 4) is 0 Å². The molecule has 0 saturated carbocycles. The van der Waals surface area contributed by atoms with Gasteiger partial charge in [0.25, 0.3) is 0 Å². The van der Waals surface area contributed by atoms with Crippen LogP contribution in [0.5, 0.6) is 0 Å². The smallest absolute Gasteiger partial charge is 0.212 e. The molecular weight excluding hydrogens is 212 g/mol. The molecule has 1 heterocycles. The molecule has 0 bridgehead atoms. The van der Waals surface area contributed by atoms with Crippen molar-refractivity contribution in [1.82, 2.24) is 10.0 Å². The molecule has 4 nitrogen and oxygen atoms in total. The van der Waals surface area contributed by atoms with E-state index < -0.39 is 10.0 Å². The van der Waals surface area contributed by atoms with Crippen LogP contribution in [0, 0.1) is 5.41 Å². The van der Waals surface area contributed by atoms with Crippen LogP contribution in [0.2, 0.25) is 0 Å². The Morgan fingerprint density at radius 3 is 2.53 bits per heavy atom. The van der Waals surface area contributed by atoms with E-state index in [1.807, 2.05) is 20.8 Å². The van der Waals surface area contributed by atoms with Crippen molar-refractivity contribution in [1.29, 1.82) is 0 Å². The summed E-state index contributed by atoms with van der Waals surface area (Å²) in [5.41, 5.74) is -0.187. The quantitative estimate of drug-likeness (QED) is 0.756. The zero-order valence-electron chi connectivity index (χ0n) is 9.84. The third-order valence-corrected chi connectivity index (χ3v) is 4.20. The van der Waals surface area contributed by atoms with Crippen LogP contribution >= 0.6 is 0 Å². The minimum Gasteiger partial charge on any atom is -0.315 e. The molecule has 15 heavy (non-hydrogen) atoms. The average molecular weight is 234 g/mol. The number of piperidine rings is 1. The highest BCUT2D eigenvalue weighted by atomic mass is 32.2. The van der Waals surface area contributed by atoms with Crippen LogP contribution in [0.15, 0.2) is 0 Å². The lowest BCUT2D eigenvalue weighted by Gasteiger charge is -2.26. The Kier molecular flexibility index (Phi) is 4.14. The van der Waals surface area contributed by atoms with Gasteiger partial charge in [-0.3, -0.25) is 0 Å². The summed E-state index contributed by atoms with van der Waals surface area (Å²) < 4.78 is 26.3. The van der Waals surface area contributed by atoms with E-state index in [2.05, 4.69) is 10.0 Å². The second-order valence-electron chi connectivity index (χ2n) is 5.48. The fraction of sp³-hybridized carbons (Fsp3) is 1.00. The Balaban J connectivity index is 2.48. The van der Waals surface area contributed by atoms with Gasteiger partial charge in [-0.15, -0.1) is 0 Å². The molecule has 1 aliphatic rings. The highest BCUT2D eigenvalue weighted by molar-refractivity contribution is 7.89. The van der Waals surface area contributed by atoms with E-state index in [-0.39, 0.29) is 17.2 Å². The van der Waals surface area contributed by atoms with E-state index >= 15 is 0 Å². The number of rotatable bonds is 3. The number of hydrogen-bond donors (Lipinski definition) is 2. The van der Waals surface area contributed by atoms with Crippen molar-refractivity contribution >= 4 is 10.0 Å². The van der Waals surface area contributed by atoms with Crippen LogP contribution in [0.1, 0.15) is 33.6 Å². The van der Waals surface area contributed by atoms with Crippen molar-refractivity contribution in [2.75, 3.05) is 18.8 Å². The lowest BCUT2D eigenvalue weighted by Crippen LogP contribution is -2.47. The predicted molar refractivity (Wildman–Crippen MR) is 62.3 cm³/mol. The molecule has 2 N–H and O–H groups in total. The van der Waals surface area contributed by atoms with Crippen molar-refractivity contribution in [2.24, 2.45) is 5.41 Å². The molecule has 0 spiro atoms. The Bertz CT molecular complexity index is 287. The average Bonchev–Trinajstić information content (AvgIpc) is 1.99. The first-order chi connectivity index (χ1) is 6.79. The highest BCUT2D eigenvalue weighted by Gasteiger charge is 2.25. The molecule has 1 aliphatic heterocycles. The normalized spacial score (nSPS) is 24.1. The Morgan fingerprint density at radius 2 is 2.07 bits per heavy atom. The molecule has 0 aromatic rings. The lowest BCUT2D eigenvalue weighted by atomic mass is 10.0. The Hall–Kier alpha value is -0.130. The van der Waals surface area contributed by atoms with Crippen LogP contribution in [0.4, 0.5) is 0 Å². The van der Waals surface area contributed by atoms with Crippen LogP contribution in [-0.4, -0.2) is 33.3 Å². The van der Waals surface area contributed by atoms with E-state index in [9.17, 15) is 8.42 Å². The van der Waals surface area contributed by atoms with Crippen molar-refractivity contribution < 1.29 is 8.42 Å². The molecule has 1 saturated heterocycles. The second-order valence-corrected chi connectivity index (χ2v) is 7.23. The molecule has 0 amide bonds. The summed E-state index contributed by atoms with van der Waals surface area (Å²) in [5.74, 6) is 0.191. The molecule has 1 fully saturated rings. The van der Waals surface area contributed by atoms with Gasteiger partial charge in [-0.1, -0.05) is 20.8 Å². The Morgan fingerprint density at radius 1 is 1.40 bits per heavy atom. The summed E-state index contributed by atoms with van der Waals surface area (Å²) in [5, 5.41) is 3.19. The Labute approximate surface area is 92.9 Å². The minimum absolute atomic E-state index is 0.0751. The van der Waals surface area contributed by atoms with Crippen LogP contribution in [0.25, 0.3) is 0 Å². The second kappa shape index (κ2) is 4.80. The number of sulfonamides is 1. The van der Waals surface area contributed by atoms with E-state index in [0.29, 0.717) is 0 Å². The molecule has 0 aromatic carbocycles. The summed E-state index contributed by atoms with van der Waals surface area (Å²) in [6, 6.07) is 0.0751. The SMILES string of the molecule is CC(C)(C)CS(=O)(=O)NC1CCCNC1. The summed E-state index contributed by atoms with van der Waals surface area (Å²) in [7, 11) is -3.13. The molecule has 5 heteroatoms. The van der Waals surface area contributed by atoms with Crippen LogP contribution in [0.3, 0.4) is 0 Å². The summed E-state index contributed by atoms with van der Waals surface area (Å²) >= 11 is 0. The van der Waals surface area contributed by atoms with Gasteiger partial charge in [0.2, 0.25) is 10.0 Å². The van der Waals surface area contributed by atoms with E-state index in [1.165, 1.54) is 0 Å². The molecule has 1 atom stereocenters. The molecule has 90 valence electrons. The van der Waals surface area contributed by atoms with Gasteiger partial charge in [0.15, 0.2) is 0 Å². The van der Waals surface area contributed by atoms with Crippen molar-refractivity contribution in [3.05, 3.63) is 0 Å². The minimum atomic E-state index is -3.13. The van der Waals surface area contributed by atoms with E-state index in [0.717, 1.165) is 25.9 Å². The van der Waals surface area contributed by atoms with Crippen molar-refractivity contribution in [2.45, 2.75) is 39.7 Å². The van der Waals surface area contributed by atoms with Crippen LogP contribution < -0.4 is 10.0 Å². The zero-order valence-corrected chi connectivity index (χ0v) is 10.7. The fourth-order valence-electron chi connectivity index (χ4n) is 1.82.